The molecular formula is C10H16N4O2S. The lowest BCUT2D eigenvalue weighted by Gasteiger charge is -2.34. The van der Waals surface area contributed by atoms with Crippen molar-refractivity contribution in [2.75, 3.05) is 38.1 Å². The highest BCUT2D eigenvalue weighted by Gasteiger charge is 2.21. The molecule has 0 spiro atoms. The van der Waals surface area contributed by atoms with Crippen LogP contribution in [0, 0.1) is 0 Å². The molecule has 2 heterocycles. The third-order valence-corrected chi connectivity index (χ3v) is 3.84. The zero-order valence-corrected chi connectivity index (χ0v) is 10.5. The van der Waals surface area contributed by atoms with Crippen molar-refractivity contribution in [2.24, 2.45) is 5.14 Å². The van der Waals surface area contributed by atoms with Gasteiger partial charge in [0.25, 0.3) is 0 Å². The standard InChI is InChI=1S/C10H16N4O2S/c1-13-4-6-14(7-5-13)9-2-3-12-8-10(9)17(11,15)16/h2-3,8H,4-7H2,1H3,(H2,11,15,16). The highest BCUT2D eigenvalue weighted by Crippen LogP contribution is 2.23. The smallest absolute Gasteiger partial charge is 0.241 e. The van der Waals surface area contributed by atoms with Crippen LogP contribution in [-0.4, -0.2) is 51.5 Å². The van der Waals surface area contributed by atoms with Crippen LogP contribution < -0.4 is 10.0 Å². The monoisotopic (exact) mass is 256 g/mol. The van der Waals surface area contributed by atoms with Crippen molar-refractivity contribution in [3.63, 3.8) is 0 Å². The number of anilines is 1. The summed E-state index contributed by atoms with van der Waals surface area (Å²) in [6.45, 7) is 3.41. The van der Waals surface area contributed by atoms with Crippen molar-refractivity contribution < 1.29 is 8.42 Å². The minimum Gasteiger partial charge on any atom is -0.368 e. The molecule has 0 radical (unpaired) electrons. The Hall–Kier alpha value is -1.18. The number of sulfonamides is 1. The lowest BCUT2D eigenvalue weighted by Crippen LogP contribution is -2.45. The number of pyridine rings is 1. The molecule has 94 valence electrons. The molecule has 2 N–H and O–H groups in total. The lowest BCUT2D eigenvalue weighted by molar-refractivity contribution is 0.312. The predicted octanol–water partition coefficient (Wildman–Crippen LogP) is -0.519. The molecule has 0 unspecified atom stereocenters. The molecule has 0 amide bonds. The number of hydrogen-bond acceptors (Lipinski definition) is 5. The summed E-state index contributed by atoms with van der Waals surface area (Å²) in [5.41, 5.74) is 0.649. The molecule has 1 aromatic heterocycles. The normalized spacial score (nSPS) is 18.4. The van der Waals surface area contributed by atoms with E-state index in [0.29, 0.717) is 5.69 Å². The summed E-state index contributed by atoms with van der Waals surface area (Å²) in [5, 5.41) is 5.19. The quantitative estimate of drug-likeness (QED) is 0.770. The summed E-state index contributed by atoms with van der Waals surface area (Å²) in [6.07, 6.45) is 2.89. The van der Waals surface area contributed by atoms with Crippen LogP contribution in [0.5, 0.6) is 0 Å². The summed E-state index contributed by atoms with van der Waals surface area (Å²) in [5.74, 6) is 0. The third-order valence-electron chi connectivity index (χ3n) is 2.91. The molecule has 17 heavy (non-hydrogen) atoms. The molecule has 0 bridgehead atoms. The molecule has 1 saturated heterocycles. The van der Waals surface area contributed by atoms with E-state index in [9.17, 15) is 8.42 Å². The van der Waals surface area contributed by atoms with Crippen LogP contribution >= 0.6 is 0 Å². The Balaban J connectivity index is 2.33. The first kappa shape index (κ1) is 12.3. The van der Waals surface area contributed by atoms with Gasteiger partial charge in [0.2, 0.25) is 10.0 Å². The van der Waals surface area contributed by atoms with Crippen LogP contribution in [0.25, 0.3) is 0 Å². The third kappa shape index (κ3) is 2.74. The molecule has 6 nitrogen and oxygen atoms in total. The summed E-state index contributed by atoms with van der Waals surface area (Å²) in [6, 6.07) is 1.70. The fourth-order valence-corrected chi connectivity index (χ4v) is 2.60. The maximum Gasteiger partial charge on any atom is 0.241 e. The fraction of sp³-hybridized carbons (Fsp3) is 0.500. The van der Waals surface area contributed by atoms with Gasteiger partial charge < -0.3 is 9.80 Å². The molecule has 0 atom stereocenters. The Morgan fingerprint density at radius 2 is 1.94 bits per heavy atom. The highest BCUT2D eigenvalue weighted by atomic mass is 32.2. The van der Waals surface area contributed by atoms with E-state index in [0.717, 1.165) is 26.2 Å². The van der Waals surface area contributed by atoms with Gasteiger partial charge in [-0.1, -0.05) is 0 Å². The van der Waals surface area contributed by atoms with Crippen LogP contribution in [0.2, 0.25) is 0 Å². The van der Waals surface area contributed by atoms with Gasteiger partial charge >= 0.3 is 0 Å². The van der Waals surface area contributed by atoms with Gasteiger partial charge in [0, 0.05) is 38.6 Å². The van der Waals surface area contributed by atoms with E-state index >= 15 is 0 Å². The first-order chi connectivity index (χ1) is 7.98. The Kier molecular flexibility index (Phi) is 3.32. The molecule has 1 aliphatic rings. The topological polar surface area (TPSA) is 79.5 Å². The predicted molar refractivity (Wildman–Crippen MR) is 65.3 cm³/mol. The number of hydrogen-bond donors (Lipinski definition) is 1. The van der Waals surface area contributed by atoms with Gasteiger partial charge in [0.1, 0.15) is 4.90 Å². The first-order valence-electron chi connectivity index (χ1n) is 5.39. The van der Waals surface area contributed by atoms with Crippen molar-refractivity contribution in [3.05, 3.63) is 18.5 Å². The van der Waals surface area contributed by atoms with Crippen molar-refractivity contribution in [3.8, 4) is 0 Å². The van der Waals surface area contributed by atoms with E-state index in [2.05, 4.69) is 9.88 Å². The molecule has 0 aromatic carbocycles. The molecule has 0 aliphatic carbocycles. The Morgan fingerprint density at radius 1 is 1.29 bits per heavy atom. The van der Waals surface area contributed by atoms with Crippen molar-refractivity contribution in [2.45, 2.75) is 4.90 Å². The number of primary sulfonamides is 1. The summed E-state index contributed by atoms with van der Waals surface area (Å²) in [7, 11) is -1.67. The van der Waals surface area contributed by atoms with Crippen molar-refractivity contribution in [1.29, 1.82) is 0 Å². The number of rotatable bonds is 2. The van der Waals surface area contributed by atoms with Gasteiger partial charge in [0.15, 0.2) is 0 Å². The van der Waals surface area contributed by atoms with E-state index < -0.39 is 10.0 Å². The van der Waals surface area contributed by atoms with Gasteiger partial charge in [-0.05, 0) is 13.1 Å². The summed E-state index contributed by atoms with van der Waals surface area (Å²) >= 11 is 0. The second-order valence-corrected chi connectivity index (χ2v) is 5.71. The van der Waals surface area contributed by atoms with E-state index in [1.807, 2.05) is 11.9 Å². The zero-order chi connectivity index (χ0) is 12.5. The van der Waals surface area contributed by atoms with Gasteiger partial charge in [-0.25, -0.2) is 13.6 Å². The minimum absolute atomic E-state index is 0.101. The number of likely N-dealkylation sites (N-methyl/N-ethyl adjacent to an activating group) is 1. The Morgan fingerprint density at radius 3 is 2.53 bits per heavy atom. The molecule has 1 aromatic rings. The summed E-state index contributed by atoms with van der Waals surface area (Å²) in [4.78, 5) is 8.16. The Labute approximate surface area is 101 Å². The molecule has 1 aliphatic heterocycles. The second kappa shape index (κ2) is 4.59. The molecule has 2 rings (SSSR count). The fourth-order valence-electron chi connectivity index (χ4n) is 1.90. The molecule has 1 fully saturated rings. The van der Waals surface area contributed by atoms with Gasteiger partial charge in [-0.2, -0.15) is 0 Å². The van der Waals surface area contributed by atoms with Crippen LogP contribution in [0.3, 0.4) is 0 Å². The van der Waals surface area contributed by atoms with Gasteiger partial charge in [0.05, 0.1) is 5.69 Å². The van der Waals surface area contributed by atoms with E-state index in [-0.39, 0.29) is 4.90 Å². The van der Waals surface area contributed by atoms with Crippen LogP contribution in [0.15, 0.2) is 23.4 Å². The van der Waals surface area contributed by atoms with Gasteiger partial charge in [-0.3, -0.25) is 4.98 Å². The molecular weight excluding hydrogens is 240 g/mol. The summed E-state index contributed by atoms with van der Waals surface area (Å²) < 4.78 is 22.9. The largest absolute Gasteiger partial charge is 0.368 e. The number of aromatic nitrogens is 1. The highest BCUT2D eigenvalue weighted by molar-refractivity contribution is 7.89. The van der Waals surface area contributed by atoms with Crippen LogP contribution in [-0.2, 0) is 10.0 Å². The average Bonchev–Trinajstić information content (AvgIpc) is 2.29. The van der Waals surface area contributed by atoms with Gasteiger partial charge in [-0.15, -0.1) is 0 Å². The number of piperazine rings is 1. The molecule has 7 heteroatoms. The van der Waals surface area contributed by atoms with Crippen molar-refractivity contribution >= 4 is 15.7 Å². The average molecular weight is 256 g/mol. The number of nitrogens with two attached hydrogens (primary N) is 1. The minimum atomic E-state index is -3.71. The SMILES string of the molecule is CN1CCN(c2ccncc2S(N)(=O)=O)CC1. The lowest BCUT2D eigenvalue weighted by atomic mass is 10.3. The molecule has 0 saturated carbocycles. The Bertz CT molecular complexity index is 495. The zero-order valence-electron chi connectivity index (χ0n) is 9.70. The van der Waals surface area contributed by atoms with Crippen LogP contribution in [0.4, 0.5) is 5.69 Å². The maximum absolute atomic E-state index is 11.5. The van der Waals surface area contributed by atoms with Crippen molar-refractivity contribution in [1.82, 2.24) is 9.88 Å². The first-order valence-corrected chi connectivity index (χ1v) is 6.93. The van der Waals surface area contributed by atoms with E-state index in [1.54, 1.807) is 12.3 Å². The van der Waals surface area contributed by atoms with E-state index in [1.165, 1.54) is 6.20 Å². The van der Waals surface area contributed by atoms with E-state index in [4.69, 9.17) is 5.14 Å². The maximum atomic E-state index is 11.5. The van der Waals surface area contributed by atoms with Crippen LogP contribution in [0.1, 0.15) is 0 Å². The number of nitrogens with zero attached hydrogens (tertiary/aromatic N) is 3. The second-order valence-electron chi connectivity index (χ2n) is 4.18.